The van der Waals surface area contributed by atoms with Crippen LogP contribution in [0.5, 0.6) is 0 Å². The number of halogens is 1. The van der Waals surface area contributed by atoms with Gasteiger partial charge in [-0.3, -0.25) is 19.4 Å². The molecule has 7 nitrogen and oxygen atoms in total. The smallest absolute Gasteiger partial charge is 0.243 e. The van der Waals surface area contributed by atoms with E-state index in [-0.39, 0.29) is 29.8 Å². The molecule has 0 radical (unpaired) electrons. The molecule has 26 heavy (non-hydrogen) atoms. The molecule has 2 aliphatic heterocycles. The molecule has 1 aromatic carbocycles. The standard InChI is InChI=1S/C17H22BrN3O4S/c1-17(2)11-15(22)21(16(17)23)12-19-6-8-20(9-7-19)26(24,25)14-5-3-4-13(18)10-14/h3-5,10H,6-9,11-12H2,1-2H3. The van der Waals surface area contributed by atoms with Crippen LogP contribution in [0, 0.1) is 5.41 Å². The van der Waals surface area contributed by atoms with Crippen molar-refractivity contribution in [1.29, 1.82) is 0 Å². The average Bonchev–Trinajstić information content (AvgIpc) is 2.77. The van der Waals surface area contributed by atoms with Gasteiger partial charge in [0.1, 0.15) is 0 Å². The molecule has 9 heteroatoms. The van der Waals surface area contributed by atoms with Crippen molar-refractivity contribution in [2.45, 2.75) is 25.2 Å². The average molecular weight is 444 g/mol. The van der Waals surface area contributed by atoms with Crippen LogP contribution in [0.1, 0.15) is 20.3 Å². The lowest BCUT2D eigenvalue weighted by Crippen LogP contribution is -2.52. The Morgan fingerprint density at radius 2 is 1.77 bits per heavy atom. The number of carbonyl (C=O) groups is 2. The van der Waals surface area contributed by atoms with Gasteiger partial charge >= 0.3 is 0 Å². The quantitative estimate of drug-likeness (QED) is 0.658. The highest BCUT2D eigenvalue weighted by atomic mass is 79.9. The minimum atomic E-state index is -3.55. The second-order valence-electron chi connectivity index (χ2n) is 7.31. The van der Waals surface area contributed by atoms with Crippen LogP contribution >= 0.6 is 15.9 Å². The van der Waals surface area contributed by atoms with Crippen LogP contribution in [-0.4, -0.2) is 67.2 Å². The van der Waals surface area contributed by atoms with Gasteiger partial charge in [0.05, 0.1) is 17.0 Å². The van der Waals surface area contributed by atoms with E-state index >= 15 is 0 Å². The molecule has 0 aliphatic carbocycles. The van der Waals surface area contributed by atoms with Crippen molar-refractivity contribution < 1.29 is 18.0 Å². The fraction of sp³-hybridized carbons (Fsp3) is 0.529. The van der Waals surface area contributed by atoms with Crippen LogP contribution < -0.4 is 0 Å². The summed E-state index contributed by atoms with van der Waals surface area (Å²) in [7, 11) is -3.55. The van der Waals surface area contributed by atoms with E-state index in [4.69, 9.17) is 0 Å². The zero-order valence-electron chi connectivity index (χ0n) is 14.8. The van der Waals surface area contributed by atoms with Crippen molar-refractivity contribution in [2.75, 3.05) is 32.8 Å². The van der Waals surface area contributed by atoms with E-state index in [9.17, 15) is 18.0 Å². The fourth-order valence-electron chi connectivity index (χ4n) is 3.26. The minimum Gasteiger partial charge on any atom is -0.283 e. The summed E-state index contributed by atoms with van der Waals surface area (Å²) in [5, 5.41) is 0. The maximum absolute atomic E-state index is 12.7. The second-order valence-corrected chi connectivity index (χ2v) is 10.2. The Morgan fingerprint density at radius 3 is 2.31 bits per heavy atom. The Bertz CT molecular complexity index is 832. The number of sulfonamides is 1. The molecule has 0 bridgehead atoms. The Balaban J connectivity index is 1.63. The van der Waals surface area contributed by atoms with E-state index in [1.807, 2.05) is 4.90 Å². The molecule has 2 fully saturated rings. The fourth-order valence-corrected chi connectivity index (χ4v) is 5.28. The summed E-state index contributed by atoms with van der Waals surface area (Å²) in [4.78, 5) is 27.9. The maximum atomic E-state index is 12.7. The molecule has 0 saturated carbocycles. The zero-order chi connectivity index (χ0) is 19.1. The summed E-state index contributed by atoms with van der Waals surface area (Å²) in [6.07, 6.45) is 0.225. The molecule has 2 heterocycles. The molecular weight excluding hydrogens is 422 g/mol. The van der Waals surface area contributed by atoms with E-state index in [2.05, 4.69) is 15.9 Å². The van der Waals surface area contributed by atoms with Crippen molar-refractivity contribution >= 4 is 37.8 Å². The van der Waals surface area contributed by atoms with Crippen molar-refractivity contribution in [3.8, 4) is 0 Å². The lowest BCUT2D eigenvalue weighted by molar-refractivity contribution is -0.143. The summed E-state index contributed by atoms with van der Waals surface area (Å²) in [5.41, 5.74) is -0.650. The zero-order valence-corrected chi connectivity index (χ0v) is 17.2. The van der Waals surface area contributed by atoms with Gasteiger partial charge in [0.2, 0.25) is 21.8 Å². The Morgan fingerprint density at radius 1 is 1.12 bits per heavy atom. The SMILES string of the molecule is CC1(C)CC(=O)N(CN2CCN(S(=O)(=O)c3cccc(Br)c3)CC2)C1=O. The number of nitrogens with zero attached hydrogens (tertiary/aromatic N) is 3. The van der Waals surface area contributed by atoms with E-state index in [1.165, 1.54) is 9.21 Å². The summed E-state index contributed by atoms with van der Waals surface area (Å²) in [5.74, 6) is -0.323. The van der Waals surface area contributed by atoms with Gasteiger partial charge < -0.3 is 0 Å². The number of hydrogen-bond donors (Lipinski definition) is 0. The first-order valence-electron chi connectivity index (χ1n) is 8.44. The lowest BCUT2D eigenvalue weighted by Gasteiger charge is -2.35. The minimum absolute atomic E-state index is 0.160. The molecule has 0 N–H and O–H groups in total. The largest absolute Gasteiger partial charge is 0.283 e. The van der Waals surface area contributed by atoms with E-state index in [0.717, 1.165) is 0 Å². The van der Waals surface area contributed by atoms with Crippen molar-refractivity contribution in [1.82, 2.24) is 14.1 Å². The molecule has 3 rings (SSSR count). The number of likely N-dealkylation sites (tertiary alicyclic amines) is 1. The lowest BCUT2D eigenvalue weighted by atomic mass is 9.92. The van der Waals surface area contributed by atoms with Crippen LogP contribution in [-0.2, 0) is 19.6 Å². The number of piperazine rings is 1. The van der Waals surface area contributed by atoms with Crippen molar-refractivity contribution in [2.24, 2.45) is 5.41 Å². The first kappa shape index (κ1) is 19.5. The Hall–Kier alpha value is -1.29. The number of carbonyl (C=O) groups excluding carboxylic acids is 2. The van der Waals surface area contributed by atoms with Gasteiger partial charge in [-0.2, -0.15) is 4.31 Å². The van der Waals surface area contributed by atoms with Gasteiger partial charge in [-0.1, -0.05) is 35.8 Å². The first-order chi connectivity index (χ1) is 12.1. The van der Waals surface area contributed by atoms with E-state index < -0.39 is 15.4 Å². The third-order valence-electron chi connectivity index (χ3n) is 4.82. The van der Waals surface area contributed by atoms with E-state index in [0.29, 0.717) is 30.7 Å². The molecule has 2 saturated heterocycles. The van der Waals surface area contributed by atoms with Crippen LogP contribution in [0.15, 0.2) is 33.6 Å². The number of amides is 2. The number of benzene rings is 1. The van der Waals surface area contributed by atoms with Gasteiger partial charge in [0, 0.05) is 37.1 Å². The van der Waals surface area contributed by atoms with Gasteiger partial charge in [-0.25, -0.2) is 8.42 Å². The second kappa shape index (κ2) is 7.03. The highest BCUT2D eigenvalue weighted by Gasteiger charge is 2.45. The molecule has 2 aliphatic rings. The number of imide groups is 1. The molecule has 0 aromatic heterocycles. The highest BCUT2D eigenvalue weighted by molar-refractivity contribution is 9.10. The van der Waals surface area contributed by atoms with E-state index in [1.54, 1.807) is 38.1 Å². The summed E-state index contributed by atoms with van der Waals surface area (Å²) in [6.45, 7) is 5.38. The van der Waals surface area contributed by atoms with Gasteiger partial charge in [0.15, 0.2) is 0 Å². The normalized spacial score (nSPS) is 22.2. The molecule has 1 aromatic rings. The summed E-state index contributed by atoms with van der Waals surface area (Å²) >= 11 is 3.30. The Labute approximate surface area is 162 Å². The van der Waals surface area contributed by atoms with Crippen molar-refractivity contribution in [3.05, 3.63) is 28.7 Å². The highest BCUT2D eigenvalue weighted by Crippen LogP contribution is 2.31. The molecule has 0 unspecified atom stereocenters. The Kier molecular flexibility index (Phi) is 5.26. The van der Waals surface area contributed by atoms with Crippen LogP contribution in [0.3, 0.4) is 0 Å². The first-order valence-corrected chi connectivity index (χ1v) is 10.7. The summed E-state index contributed by atoms with van der Waals surface area (Å²) in [6, 6.07) is 6.64. The third-order valence-corrected chi connectivity index (χ3v) is 7.21. The van der Waals surface area contributed by atoms with Crippen LogP contribution in [0.2, 0.25) is 0 Å². The van der Waals surface area contributed by atoms with Gasteiger partial charge in [-0.05, 0) is 18.2 Å². The third kappa shape index (κ3) is 3.71. The van der Waals surface area contributed by atoms with Crippen LogP contribution in [0.25, 0.3) is 0 Å². The molecule has 0 atom stereocenters. The molecule has 2 amide bonds. The van der Waals surface area contributed by atoms with Gasteiger partial charge in [-0.15, -0.1) is 0 Å². The predicted molar refractivity (Wildman–Crippen MR) is 99.6 cm³/mol. The van der Waals surface area contributed by atoms with Gasteiger partial charge in [0.25, 0.3) is 0 Å². The maximum Gasteiger partial charge on any atom is 0.243 e. The predicted octanol–water partition coefficient (Wildman–Crippen LogP) is 1.50. The topological polar surface area (TPSA) is 78.0 Å². The molecule has 142 valence electrons. The monoisotopic (exact) mass is 443 g/mol. The van der Waals surface area contributed by atoms with Crippen molar-refractivity contribution in [3.63, 3.8) is 0 Å². The van der Waals surface area contributed by atoms with Crippen LogP contribution in [0.4, 0.5) is 0 Å². The number of hydrogen-bond acceptors (Lipinski definition) is 5. The number of rotatable bonds is 4. The molecule has 0 spiro atoms. The summed E-state index contributed by atoms with van der Waals surface area (Å²) < 4.78 is 27.7. The molecular formula is C17H22BrN3O4S.